The number of amides is 1. The van der Waals surface area contributed by atoms with Gasteiger partial charge in [-0.15, -0.1) is 0 Å². The summed E-state index contributed by atoms with van der Waals surface area (Å²) in [6.45, 7) is 6.39. The standard InChI is InChI=1S/C27H41N4O5S/c1-21-17-25(35-6)18-22(2)27(21)37(33,34)30(5)15-16-36-20-26(32)29(4)19-23-7-13-31(14-8-23)24-9-11-28(3)12-10-24/h9-12,17-18,23H,7-8,13-16,19-20H2,1-6H3/q+1. The van der Waals surface area contributed by atoms with Gasteiger partial charge in [-0.1, -0.05) is 0 Å². The number of likely N-dealkylation sites (N-methyl/N-ethyl adjacent to an activating group) is 2. The van der Waals surface area contributed by atoms with Crippen LogP contribution in [0.1, 0.15) is 24.0 Å². The highest BCUT2D eigenvalue weighted by Crippen LogP contribution is 2.27. The zero-order chi connectivity index (χ0) is 27.2. The number of rotatable bonds is 11. The number of anilines is 1. The van der Waals surface area contributed by atoms with Crippen molar-refractivity contribution in [1.29, 1.82) is 0 Å². The number of ether oxygens (including phenoxy) is 2. The summed E-state index contributed by atoms with van der Waals surface area (Å²) in [5.41, 5.74) is 2.49. The molecule has 2 heterocycles. The van der Waals surface area contributed by atoms with E-state index in [-0.39, 0.29) is 30.6 Å². The average Bonchev–Trinajstić information content (AvgIpc) is 2.86. The number of sulfonamides is 1. The van der Waals surface area contributed by atoms with Crippen LogP contribution >= 0.6 is 0 Å². The van der Waals surface area contributed by atoms with Gasteiger partial charge in [0.05, 0.1) is 18.6 Å². The lowest BCUT2D eigenvalue weighted by molar-refractivity contribution is -0.671. The molecule has 1 aromatic heterocycles. The van der Waals surface area contributed by atoms with Gasteiger partial charge in [-0.2, -0.15) is 4.31 Å². The Balaban J connectivity index is 1.41. The van der Waals surface area contributed by atoms with Crippen LogP contribution in [0.5, 0.6) is 5.75 Å². The Hall–Kier alpha value is -2.69. The highest BCUT2D eigenvalue weighted by Gasteiger charge is 2.26. The van der Waals surface area contributed by atoms with E-state index in [1.54, 1.807) is 45.0 Å². The summed E-state index contributed by atoms with van der Waals surface area (Å²) in [6.07, 6.45) is 6.18. The van der Waals surface area contributed by atoms with Gasteiger partial charge < -0.3 is 19.3 Å². The monoisotopic (exact) mass is 533 g/mol. The summed E-state index contributed by atoms with van der Waals surface area (Å²) < 4.78 is 40.3. The predicted molar refractivity (Wildman–Crippen MR) is 143 cm³/mol. The van der Waals surface area contributed by atoms with E-state index in [0.717, 1.165) is 25.9 Å². The highest BCUT2D eigenvalue weighted by molar-refractivity contribution is 7.89. The SMILES string of the molecule is COc1cc(C)c(S(=O)(=O)N(C)CCOCC(=O)N(C)CC2CCN(c3cc[n+](C)cc3)CC2)c(C)c1. The molecule has 3 rings (SSSR count). The van der Waals surface area contributed by atoms with E-state index in [1.165, 1.54) is 17.0 Å². The molecule has 2 aromatic rings. The Kier molecular flexibility index (Phi) is 9.92. The summed E-state index contributed by atoms with van der Waals surface area (Å²) in [5.74, 6) is 0.987. The summed E-state index contributed by atoms with van der Waals surface area (Å²) in [6, 6.07) is 7.69. The number of aryl methyl sites for hydroxylation is 3. The molecule has 0 unspecified atom stereocenters. The summed E-state index contributed by atoms with van der Waals surface area (Å²) >= 11 is 0. The maximum absolute atomic E-state index is 13.1. The maximum atomic E-state index is 13.1. The number of methoxy groups -OCH3 is 1. The van der Waals surface area contributed by atoms with Crippen molar-refractivity contribution in [2.24, 2.45) is 13.0 Å². The molecule has 1 saturated heterocycles. The summed E-state index contributed by atoms with van der Waals surface area (Å²) in [7, 11) is 3.21. The van der Waals surface area contributed by atoms with E-state index in [4.69, 9.17) is 9.47 Å². The van der Waals surface area contributed by atoms with Crippen LogP contribution in [0, 0.1) is 19.8 Å². The van der Waals surface area contributed by atoms with E-state index < -0.39 is 10.0 Å². The number of aromatic nitrogens is 1. The van der Waals surface area contributed by atoms with Crippen molar-refractivity contribution in [3.05, 3.63) is 47.8 Å². The number of nitrogens with zero attached hydrogens (tertiary/aromatic N) is 4. The molecule has 1 aliphatic rings. The second kappa shape index (κ2) is 12.7. The molecule has 0 aliphatic carbocycles. The van der Waals surface area contributed by atoms with Crippen LogP contribution in [0.3, 0.4) is 0 Å². The molecular formula is C27H41N4O5S+. The lowest BCUT2D eigenvalue weighted by Crippen LogP contribution is -2.41. The average molecular weight is 534 g/mol. The minimum absolute atomic E-state index is 0.0646. The first-order valence-corrected chi connectivity index (χ1v) is 14.1. The number of carbonyl (C=O) groups is 1. The zero-order valence-electron chi connectivity index (χ0n) is 22.9. The largest absolute Gasteiger partial charge is 0.497 e. The van der Waals surface area contributed by atoms with Crippen molar-refractivity contribution < 1.29 is 27.3 Å². The number of hydrogen-bond donors (Lipinski definition) is 0. The molecule has 0 spiro atoms. The third-order valence-corrected chi connectivity index (χ3v) is 9.18. The third kappa shape index (κ3) is 7.43. The zero-order valence-corrected chi connectivity index (χ0v) is 23.8. The van der Waals surface area contributed by atoms with Crippen LogP contribution in [-0.4, -0.2) is 84.1 Å². The van der Waals surface area contributed by atoms with Crippen LogP contribution in [0.15, 0.2) is 41.6 Å². The van der Waals surface area contributed by atoms with E-state index >= 15 is 0 Å². The van der Waals surface area contributed by atoms with Crippen molar-refractivity contribution in [2.75, 3.05) is 65.5 Å². The lowest BCUT2D eigenvalue weighted by Gasteiger charge is -2.35. The first-order chi connectivity index (χ1) is 17.5. The highest BCUT2D eigenvalue weighted by atomic mass is 32.2. The van der Waals surface area contributed by atoms with E-state index in [1.807, 2.05) is 11.6 Å². The molecule has 0 bridgehead atoms. The van der Waals surface area contributed by atoms with Gasteiger partial charge >= 0.3 is 0 Å². The molecular weight excluding hydrogens is 492 g/mol. The Morgan fingerprint density at radius 1 is 1.11 bits per heavy atom. The molecule has 10 heteroatoms. The Morgan fingerprint density at radius 3 is 2.27 bits per heavy atom. The number of hydrogen-bond acceptors (Lipinski definition) is 6. The second-order valence-corrected chi connectivity index (χ2v) is 11.9. The number of carbonyl (C=O) groups excluding carboxylic acids is 1. The van der Waals surface area contributed by atoms with Crippen molar-refractivity contribution in [2.45, 2.75) is 31.6 Å². The van der Waals surface area contributed by atoms with E-state index in [2.05, 4.69) is 29.4 Å². The molecule has 0 radical (unpaired) electrons. The van der Waals surface area contributed by atoms with Crippen LogP contribution in [0.2, 0.25) is 0 Å². The predicted octanol–water partition coefficient (Wildman–Crippen LogP) is 2.15. The summed E-state index contributed by atoms with van der Waals surface area (Å²) in [5, 5.41) is 0. The van der Waals surface area contributed by atoms with Gasteiger partial charge in [-0.05, 0) is 55.9 Å². The van der Waals surface area contributed by atoms with Gasteiger partial charge in [0.15, 0.2) is 12.4 Å². The van der Waals surface area contributed by atoms with Gasteiger partial charge in [0.2, 0.25) is 15.9 Å². The van der Waals surface area contributed by atoms with E-state index in [9.17, 15) is 13.2 Å². The quantitative estimate of drug-likeness (QED) is 0.325. The molecule has 0 atom stereocenters. The minimum atomic E-state index is -3.69. The van der Waals surface area contributed by atoms with Crippen molar-refractivity contribution in [3.8, 4) is 5.75 Å². The molecule has 204 valence electrons. The van der Waals surface area contributed by atoms with Gasteiger partial charge in [0, 0.05) is 58.1 Å². The van der Waals surface area contributed by atoms with Crippen LogP contribution in [0.25, 0.3) is 0 Å². The Bertz CT molecular complexity index is 1140. The molecule has 0 N–H and O–H groups in total. The number of piperidine rings is 1. The normalized spacial score (nSPS) is 14.7. The van der Waals surface area contributed by atoms with Crippen molar-refractivity contribution in [3.63, 3.8) is 0 Å². The fraction of sp³-hybridized carbons (Fsp3) is 0.556. The fourth-order valence-electron chi connectivity index (χ4n) is 4.74. The smallest absolute Gasteiger partial charge is 0.248 e. The maximum Gasteiger partial charge on any atom is 0.248 e. The second-order valence-electron chi connectivity index (χ2n) is 9.90. The Labute approximate surface area is 221 Å². The molecule has 1 aliphatic heterocycles. The van der Waals surface area contributed by atoms with Crippen molar-refractivity contribution in [1.82, 2.24) is 9.21 Å². The van der Waals surface area contributed by atoms with Gasteiger partial charge in [-0.3, -0.25) is 4.79 Å². The fourth-order valence-corrected chi connectivity index (χ4v) is 6.30. The molecule has 37 heavy (non-hydrogen) atoms. The van der Waals surface area contributed by atoms with Gasteiger partial charge in [0.1, 0.15) is 19.4 Å². The topological polar surface area (TPSA) is 83.3 Å². The molecule has 1 aromatic carbocycles. The Morgan fingerprint density at radius 2 is 1.70 bits per heavy atom. The van der Waals surface area contributed by atoms with Crippen LogP contribution < -0.4 is 14.2 Å². The lowest BCUT2D eigenvalue weighted by atomic mass is 9.96. The first-order valence-electron chi connectivity index (χ1n) is 12.7. The summed E-state index contributed by atoms with van der Waals surface area (Å²) in [4.78, 5) is 17.0. The van der Waals surface area contributed by atoms with Crippen LogP contribution in [-0.2, 0) is 26.6 Å². The van der Waals surface area contributed by atoms with Crippen molar-refractivity contribution >= 4 is 21.6 Å². The molecule has 1 amide bonds. The van der Waals surface area contributed by atoms with Gasteiger partial charge in [-0.25, -0.2) is 13.0 Å². The van der Waals surface area contributed by atoms with E-state index in [0.29, 0.717) is 29.3 Å². The minimum Gasteiger partial charge on any atom is -0.497 e. The number of pyridine rings is 1. The molecule has 0 saturated carbocycles. The number of benzene rings is 1. The molecule has 9 nitrogen and oxygen atoms in total. The van der Waals surface area contributed by atoms with Crippen LogP contribution in [0.4, 0.5) is 5.69 Å². The molecule has 1 fully saturated rings. The first kappa shape index (κ1) is 28.9. The van der Waals surface area contributed by atoms with Gasteiger partial charge in [0.25, 0.3) is 0 Å². The third-order valence-electron chi connectivity index (χ3n) is 7.01.